The van der Waals surface area contributed by atoms with Gasteiger partial charge in [0, 0.05) is 29.8 Å². The number of carbonyl (C=O) groups is 1. The van der Waals surface area contributed by atoms with E-state index in [2.05, 4.69) is 15.3 Å². The lowest BCUT2D eigenvalue weighted by molar-refractivity contribution is -0.141. The minimum atomic E-state index is -0.661. The largest absolute Gasteiger partial charge is 0.467 e. The standard InChI is InChI=1S/C25H20FN5O2S/c1-33-23(32)20(15-16-5-3-2-4-6-16)29-24-27-12-11-19(28-24)22-21(17-7-9-18(26)10-8-17)30-25-31(22)13-14-34-25/h2-14,20H,15H2,1H3,(H,27,28,29). The summed E-state index contributed by atoms with van der Waals surface area (Å²) in [5, 5.41) is 5.05. The van der Waals surface area contributed by atoms with Gasteiger partial charge in [-0.3, -0.25) is 4.40 Å². The van der Waals surface area contributed by atoms with Crippen molar-refractivity contribution in [3.05, 3.63) is 89.8 Å². The third-order valence-corrected chi connectivity index (χ3v) is 6.11. The number of nitrogens with one attached hydrogen (secondary N) is 1. The maximum absolute atomic E-state index is 13.5. The van der Waals surface area contributed by atoms with Gasteiger partial charge in [-0.1, -0.05) is 30.3 Å². The minimum absolute atomic E-state index is 0.291. The second kappa shape index (κ2) is 9.40. The highest BCUT2D eigenvalue weighted by Gasteiger charge is 2.22. The summed E-state index contributed by atoms with van der Waals surface area (Å²) in [4.78, 5) is 27.0. The van der Waals surface area contributed by atoms with Gasteiger partial charge in [-0.15, -0.1) is 11.3 Å². The molecule has 1 unspecified atom stereocenters. The topological polar surface area (TPSA) is 81.4 Å². The molecular weight excluding hydrogens is 453 g/mol. The van der Waals surface area contributed by atoms with Gasteiger partial charge in [-0.2, -0.15) is 0 Å². The summed E-state index contributed by atoms with van der Waals surface area (Å²) >= 11 is 1.50. The first-order valence-electron chi connectivity index (χ1n) is 10.6. The zero-order chi connectivity index (χ0) is 23.5. The summed E-state index contributed by atoms with van der Waals surface area (Å²) in [5.74, 6) is -0.430. The Labute approximate surface area is 198 Å². The second-order valence-corrected chi connectivity index (χ2v) is 8.42. The van der Waals surface area contributed by atoms with Crippen molar-refractivity contribution >= 4 is 28.2 Å². The monoisotopic (exact) mass is 473 g/mol. The van der Waals surface area contributed by atoms with Crippen LogP contribution in [0.15, 0.2) is 78.4 Å². The van der Waals surface area contributed by atoms with Crippen molar-refractivity contribution in [1.29, 1.82) is 0 Å². The van der Waals surface area contributed by atoms with E-state index in [0.29, 0.717) is 23.8 Å². The van der Waals surface area contributed by atoms with Crippen LogP contribution in [0, 0.1) is 5.82 Å². The van der Waals surface area contributed by atoms with Crippen LogP contribution < -0.4 is 5.32 Å². The lowest BCUT2D eigenvalue weighted by Gasteiger charge is -2.17. The second-order valence-electron chi connectivity index (χ2n) is 7.55. The molecule has 1 N–H and O–H groups in total. The number of anilines is 1. The molecule has 0 saturated carbocycles. The normalized spacial score (nSPS) is 11.9. The van der Waals surface area contributed by atoms with E-state index >= 15 is 0 Å². The van der Waals surface area contributed by atoms with Crippen LogP contribution in [-0.4, -0.2) is 38.5 Å². The van der Waals surface area contributed by atoms with E-state index in [-0.39, 0.29) is 5.82 Å². The number of ether oxygens (including phenoxy) is 1. The number of imidazole rings is 1. The Bertz CT molecular complexity index is 1430. The van der Waals surface area contributed by atoms with Crippen LogP contribution in [0.4, 0.5) is 10.3 Å². The molecule has 1 atom stereocenters. The maximum Gasteiger partial charge on any atom is 0.328 e. The van der Waals surface area contributed by atoms with Crippen molar-refractivity contribution in [3.8, 4) is 22.6 Å². The molecule has 2 aromatic carbocycles. The van der Waals surface area contributed by atoms with Gasteiger partial charge in [-0.25, -0.2) is 24.1 Å². The van der Waals surface area contributed by atoms with Crippen LogP contribution in [-0.2, 0) is 16.0 Å². The Kier molecular flexibility index (Phi) is 6.01. The first-order valence-corrected chi connectivity index (χ1v) is 11.4. The third kappa shape index (κ3) is 4.38. The Morgan fingerprint density at radius 1 is 1.12 bits per heavy atom. The molecule has 5 aromatic rings. The van der Waals surface area contributed by atoms with Crippen molar-refractivity contribution in [2.75, 3.05) is 12.4 Å². The van der Waals surface area contributed by atoms with Crippen molar-refractivity contribution in [1.82, 2.24) is 19.4 Å². The maximum atomic E-state index is 13.5. The van der Waals surface area contributed by atoms with Gasteiger partial charge >= 0.3 is 5.97 Å². The first kappa shape index (κ1) is 21.7. The molecule has 3 aromatic heterocycles. The highest BCUT2D eigenvalue weighted by molar-refractivity contribution is 7.15. The average Bonchev–Trinajstić information content (AvgIpc) is 3.46. The number of halogens is 1. The highest BCUT2D eigenvalue weighted by Crippen LogP contribution is 2.33. The molecule has 9 heteroatoms. The molecular formula is C25H20FN5O2S. The Morgan fingerprint density at radius 3 is 2.68 bits per heavy atom. The number of methoxy groups -OCH3 is 1. The van der Waals surface area contributed by atoms with Gasteiger partial charge in [0.15, 0.2) is 4.96 Å². The molecule has 0 radical (unpaired) electrons. The molecule has 0 fully saturated rings. The van der Waals surface area contributed by atoms with Crippen LogP contribution in [0.3, 0.4) is 0 Å². The zero-order valence-electron chi connectivity index (χ0n) is 18.2. The van der Waals surface area contributed by atoms with E-state index in [1.54, 1.807) is 24.4 Å². The van der Waals surface area contributed by atoms with Crippen molar-refractivity contribution in [3.63, 3.8) is 0 Å². The van der Waals surface area contributed by atoms with Crippen LogP contribution in [0.1, 0.15) is 5.56 Å². The third-order valence-electron chi connectivity index (χ3n) is 5.35. The number of thiazole rings is 1. The van der Waals surface area contributed by atoms with Crippen molar-refractivity contribution < 1.29 is 13.9 Å². The van der Waals surface area contributed by atoms with E-state index < -0.39 is 12.0 Å². The number of fused-ring (bicyclic) bond motifs is 1. The summed E-state index contributed by atoms with van der Waals surface area (Å²) in [5.41, 5.74) is 3.81. The molecule has 0 aliphatic rings. The van der Waals surface area contributed by atoms with Gasteiger partial charge in [0.05, 0.1) is 18.5 Å². The molecule has 3 heterocycles. The first-order chi connectivity index (χ1) is 16.6. The minimum Gasteiger partial charge on any atom is -0.467 e. The van der Waals surface area contributed by atoms with Crippen LogP contribution in [0.25, 0.3) is 27.6 Å². The Morgan fingerprint density at radius 2 is 1.91 bits per heavy atom. The molecule has 34 heavy (non-hydrogen) atoms. The predicted molar refractivity (Wildman–Crippen MR) is 129 cm³/mol. The molecule has 0 aliphatic carbocycles. The number of rotatable bonds is 7. The zero-order valence-corrected chi connectivity index (χ0v) is 19.0. The fourth-order valence-corrected chi connectivity index (χ4v) is 4.45. The van der Waals surface area contributed by atoms with Crippen molar-refractivity contribution in [2.45, 2.75) is 12.5 Å². The molecule has 0 spiro atoms. The summed E-state index contributed by atoms with van der Waals surface area (Å²) < 4.78 is 20.4. The number of nitrogens with zero attached hydrogens (tertiary/aromatic N) is 4. The van der Waals surface area contributed by atoms with Gasteiger partial charge < -0.3 is 10.1 Å². The smallest absolute Gasteiger partial charge is 0.328 e. The lowest BCUT2D eigenvalue weighted by Crippen LogP contribution is -2.33. The van der Waals surface area contributed by atoms with E-state index in [1.165, 1.54) is 30.6 Å². The SMILES string of the molecule is COC(=O)C(Cc1ccccc1)Nc1nccc(-c2c(-c3ccc(F)cc3)nc3sccn23)n1. The lowest BCUT2D eigenvalue weighted by atomic mass is 10.1. The number of aromatic nitrogens is 4. The van der Waals surface area contributed by atoms with E-state index in [9.17, 15) is 9.18 Å². The van der Waals surface area contributed by atoms with Gasteiger partial charge in [0.25, 0.3) is 0 Å². The van der Waals surface area contributed by atoms with Crippen LogP contribution in [0.2, 0.25) is 0 Å². The number of esters is 1. The molecule has 7 nitrogen and oxygen atoms in total. The van der Waals surface area contributed by atoms with Crippen LogP contribution in [0.5, 0.6) is 0 Å². The average molecular weight is 474 g/mol. The van der Waals surface area contributed by atoms with Gasteiger partial charge in [0.2, 0.25) is 5.95 Å². The summed E-state index contributed by atoms with van der Waals surface area (Å²) in [6, 6.07) is 17.0. The molecule has 0 bridgehead atoms. The Hall–Kier alpha value is -4.11. The molecule has 0 aliphatic heterocycles. The predicted octanol–water partition coefficient (Wildman–Crippen LogP) is 4.86. The number of hydrogen-bond donors (Lipinski definition) is 1. The summed E-state index contributed by atoms with van der Waals surface area (Å²) in [7, 11) is 1.35. The highest BCUT2D eigenvalue weighted by atomic mass is 32.1. The van der Waals surface area contributed by atoms with Gasteiger partial charge in [-0.05, 0) is 35.9 Å². The van der Waals surface area contributed by atoms with Crippen LogP contribution >= 0.6 is 11.3 Å². The fourth-order valence-electron chi connectivity index (χ4n) is 3.74. The molecule has 170 valence electrons. The summed E-state index contributed by atoms with van der Waals surface area (Å²) in [6.07, 6.45) is 3.96. The number of hydrogen-bond acceptors (Lipinski definition) is 7. The van der Waals surface area contributed by atoms with E-state index in [0.717, 1.165) is 21.8 Å². The Balaban J connectivity index is 1.52. The molecule has 0 saturated heterocycles. The molecule has 0 amide bonds. The quantitative estimate of drug-likeness (QED) is 0.340. The van der Waals surface area contributed by atoms with E-state index in [4.69, 9.17) is 9.72 Å². The van der Waals surface area contributed by atoms with Gasteiger partial charge in [0.1, 0.15) is 17.6 Å². The summed E-state index contributed by atoms with van der Waals surface area (Å²) in [6.45, 7) is 0. The number of carbonyl (C=O) groups excluding carboxylic acids is 1. The number of benzene rings is 2. The van der Waals surface area contributed by atoms with E-state index in [1.807, 2.05) is 46.3 Å². The van der Waals surface area contributed by atoms with Crippen molar-refractivity contribution in [2.24, 2.45) is 0 Å². The molecule has 5 rings (SSSR count). The fraction of sp³-hybridized carbons (Fsp3) is 0.120.